The third kappa shape index (κ3) is 20.1. The molecule has 0 aliphatic rings. The molecule has 3 amide bonds. The number of hydrogen-bond acceptors (Lipinski definition) is 9. The number of carboxylic acid groups (broad SMARTS) is 1. The molecule has 0 fully saturated rings. The molecular weight excluding hydrogens is 604 g/mol. The maximum atomic E-state index is 12.0. The summed E-state index contributed by atoms with van der Waals surface area (Å²) < 4.78 is 9.95. The Morgan fingerprint density at radius 2 is 1.09 bits per heavy atom. The Morgan fingerprint density at radius 3 is 1.40 bits per heavy atom. The summed E-state index contributed by atoms with van der Waals surface area (Å²) in [6.07, 6.45) is -1.34. The van der Waals surface area contributed by atoms with E-state index >= 15 is 0 Å². The van der Waals surface area contributed by atoms with Gasteiger partial charge in [0.1, 0.15) is 23.3 Å². The molecule has 2 rings (SSSR count). The number of amides is 3. The molecule has 0 aromatic heterocycles. The van der Waals surface area contributed by atoms with Gasteiger partial charge < -0.3 is 47.1 Å². The van der Waals surface area contributed by atoms with Gasteiger partial charge in [0.15, 0.2) is 0 Å². The molecule has 0 radical (unpaired) electrons. The first-order chi connectivity index (χ1) is 21.5. The maximum absolute atomic E-state index is 12.0. The van der Waals surface area contributed by atoms with Crippen molar-refractivity contribution < 1.29 is 33.8 Å². The molecule has 0 bridgehead atoms. The molecule has 13 nitrogen and oxygen atoms in total. The number of benzene rings is 2. The first-order valence-corrected chi connectivity index (χ1v) is 15.0. The van der Waals surface area contributed by atoms with E-state index in [0.717, 1.165) is 22.3 Å². The number of ether oxygens (including phenoxy) is 2. The van der Waals surface area contributed by atoms with Crippen LogP contribution in [0.2, 0.25) is 0 Å². The van der Waals surface area contributed by atoms with Gasteiger partial charge in [0.2, 0.25) is 5.91 Å². The highest BCUT2D eigenvalue weighted by atomic mass is 16.6. The normalized spacial score (nSPS) is 11.9. The van der Waals surface area contributed by atoms with Crippen LogP contribution in [0, 0.1) is 10.8 Å². The Bertz CT molecular complexity index is 1350. The molecule has 8 N–H and O–H groups in total. The third-order valence-electron chi connectivity index (χ3n) is 5.71. The van der Waals surface area contributed by atoms with Gasteiger partial charge in [-0.05, 0) is 91.5 Å². The van der Waals surface area contributed by atoms with E-state index in [1.807, 2.05) is 48.5 Å². The van der Waals surface area contributed by atoms with Gasteiger partial charge in [0.05, 0.1) is 0 Å². The van der Waals surface area contributed by atoms with E-state index < -0.39 is 41.4 Å². The zero-order valence-corrected chi connectivity index (χ0v) is 29.2. The van der Waals surface area contributed by atoms with Crippen LogP contribution in [0.4, 0.5) is 9.59 Å². The van der Waals surface area contributed by atoms with E-state index in [0.29, 0.717) is 24.5 Å². The predicted octanol–water partition coefficient (Wildman–Crippen LogP) is 5.12. The van der Waals surface area contributed by atoms with Gasteiger partial charge in [-0.25, -0.2) is 9.59 Å². The Balaban J connectivity index is 0.000000744. The van der Waals surface area contributed by atoms with Gasteiger partial charge in [-0.2, -0.15) is 0 Å². The van der Waals surface area contributed by atoms with Gasteiger partial charge in [0, 0.05) is 24.5 Å². The topological polar surface area (TPSA) is 217 Å². The van der Waals surface area contributed by atoms with Gasteiger partial charge in [-0.3, -0.25) is 9.59 Å². The largest absolute Gasteiger partial charge is 0.480 e. The van der Waals surface area contributed by atoms with E-state index in [9.17, 15) is 19.2 Å². The molecule has 2 atom stereocenters. The van der Waals surface area contributed by atoms with Crippen molar-refractivity contribution in [2.24, 2.45) is 5.73 Å². The van der Waals surface area contributed by atoms with Crippen LogP contribution in [0.3, 0.4) is 0 Å². The second-order valence-corrected chi connectivity index (χ2v) is 12.6. The minimum absolute atomic E-state index is 0.289. The van der Waals surface area contributed by atoms with Crippen molar-refractivity contribution in [3.63, 3.8) is 0 Å². The number of carbonyl (C=O) groups excluding carboxylic acids is 3. The minimum Gasteiger partial charge on any atom is -0.480 e. The number of alkyl carbamates (subject to hydrolysis) is 2. The number of carbonyl (C=O) groups is 4. The fraction of sp³-hybridized carbons (Fsp3) is 0.471. The van der Waals surface area contributed by atoms with Crippen LogP contribution in [0.15, 0.2) is 48.5 Å². The zero-order chi connectivity index (χ0) is 36.5. The number of rotatable bonds is 9. The molecule has 0 saturated carbocycles. The molecule has 0 heterocycles. The lowest BCUT2D eigenvalue weighted by Gasteiger charge is -2.21. The van der Waals surface area contributed by atoms with E-state index in [1.165, 1.54) is 6.92 Å². The summed E-state index contributed by atoms with van der Waals surface area (Å²) in [5.41, 5.74) is 9.14. The third-order valence-corrected chi connectivity index (χ3v) is 5.71. The van der Waals surface area contributed by atoms with E-state index in [2.05, 4.69) is 16.0 Å². The van der Waals surface area contributed by atoms with Crippen molar-refractivity contribution in [2.45, 2.75) is 106 Å². The second kappa shape index (κ2) is 19.7. The van der Waals surface area contributed by atoms with Crippen LogP contribution in [0.5, 0.6) is 0 Å². The Morgan fingerprint density at radius 1 is 0.723 bits per heavy atom. The minimum atomic E-state index is -1.09. The standard InChI is InChI=1S/C17H25N3O3.C9H12N2.C8H15NO4/c1-11(18)14-8-6-13(7-9-14)10-19-15(21)12(2)20-16(22)23-17(3,4)5;1-7(11)9-4-2-8(6-10)3-5-9;1-5(6(10)11)9-7(12)13-8(2,3)4/h6-9,12,18H,10H2,1-5H3,(H,19,21)(H,20,22);2-5,11H,6,10H2,1H3;5H,1-4H3,(H,9,12)(H,10,11)/t12-;;5-/m0.0/s1. The highest BCUT2D eigenvalue weighted by molar-refractivity contribution is 5.96. The smallest absolute Gasteiger partial charge is 0.408 e. The molecule has 13 heteroatoms. The van der Waals surface area contributed by atoms with Crippen LogP contribution in [0.25, 0.3) is 0 Å². The van der Waals surface area contributed by atoms with Crippen molar-refractivity contribution >= 4 is 35.5 Å². The molecule has 0 saturated heterocycles. The van der Waals surface area contributed by atoms with Crippen molar-refractivity contribution in [1.29, 1.82) is 10.8 Å². The van der Waals surface area contributed by atoms with Crippen LogP contribution >= 0.6 is 0 Å². The maximum Gasteiger partial charge on any atom is 0.408 e. The zero-order valence-electron chi connectivity index (χ0n) is 29.2. The summed E-state index contributed by atoms with van der Waals surface area (Å²) in [5, 5.41) is 30.8. The van der Waals surface area contributed by atoms with Gasteiger partial charge in [-0.15, -0.1) is 0 Å². The molecular formula is C34H52N6O7. The van der Waals surface area contributed by atoms with Crippen LogP contribution in [-0.2, 0) is 32.2 Å². The molecule has 47 heavy (non-hydrogen) atoms. The Labute approximate surface area is 278 Å². The fourth-order valence-electron chi connectivity index (χ4n) is 3.20. The van der Waals surface area contributed by atoms with Crippen LogP contribution in [0.1, 0.15) is 91.5 Å². The summed E-state index contributed by atoms with van der Waals surface area (Å²) in [5.74, 6) is -1.38. The molecule has 0 unspecified atom stereocenters. The molecule has 260 valence electrons. The Hall–Kier alpha value is -4.78. The summed E-state index contributed by atoms with van der Waals surface area (Å²) in [4.78, 5) is 44.9. The predicted molar refractivity (Wildman–Crippen MR) is 183 cm³/mol. The van der Waals surface area contributed by atoms with Gasteiger partial charge >= 0.3 is 18.2 Å². The van der Waals surface area contributed by atoms with E-state index in [1.54, 1.807) is 62.3 Å². The Kier molecular flexibility index (Phi) is 17.7. The summed E-state index contributed by atoms with van der Waals surface area (Å²) in [7, 11) is 0. The monoisotopic (exact) mass is 656 g/mol. The van der Waals surface area contributed by atoms with Gasteiger partial charge in [0.25, 0.3) is 0 Å². The SMILES string of the molecule is CC(=N)c1ccc(CN)cc1.CC(=N)c1ccc(CNC(=O)[C@H](C)NC(=O)OC(C)(C)C)cc1.C[C@H](NC(=O)OC(C)(C)C)C(=O)O. The average molecular weight is 657 g/mol. The van der Waals surface area contributed by atoms with Crippen LogP contribution < -0.4 is 21.7 Å². The van der Waals surface area contributed by atoms with E-state index in [4.69, 9.17) is 31.1 Å². The van der Waals surface area contributed by atoms with Crippen molar-refractivity contribution in [1.82, 2.24) is 16.0 Å². The number of carboxylic acids is 1. The van der Waals surface area contributed by atoms with Crippen LogP contribution in [-0.4, -0.2) is 63.9 Å². The number of hydrogen-bond donors (Lipinski definition) is 7. The van der Waals surface area contributed by atoms with Crippen molar-refractivity contribution in [3.8, 4) is 0 Å². The molecule has 0 spiro atoms. The molecule has 0 aliphatic carbocycles. The van der Waals surface area contributed by atoms with Crippen molar-refractivity contribution in [2.75, 3.05) is 0 Å². The highest BCUT2D eigenvalue weighted by Crippen LogP contribution is 2.08. The number of nitrogens with two attached hydrogens (primary N) is 1. The number of nitrogens with one attached hydrogen (secondary N) is 5. The van der Waals surface area contributed by atoms with Gasteiger partial charge in [-0.1, -0.05) is 48.5 Å². The summed E-state index contributed by atoms with van der Waals surface area (Å²) in [6.45, 7) is 17.8. The fourth-order valence-corrected chi connectivity index (χ4v) is 3.20. The molecule has 2 aromatic rings. The summed E-state index contributed by atoms with van der Waals surface area (Å²) >= 11 is 0. The summed E-state index contributed by atoms with van der Waals surface area (Å²) in [6, 6.07) is 13.5. The molecule has 0 aliphatic heterocycles. The second-order valence-electron chi connectivity index (χ2n) is 12.6. The average Bonchev–Trinajstić information content (AvgIpc) is 2.94. The van der Waals surface area contributed by atoms with Crippen molar-refractivity contribution in [3.05, 3.63) is 70.8 Å². The number of aliphatic carboxylic acids is 1. The quantitative estimate of drug-likeness (QED) is 0.179. The highest BCUT2D eigenvalue weighted by Gasteiger charge is 2.21. The first-order valence-electron chi connectivity index (χ1n) is 15.0. The van der Waals surface area contributed by atoms with E-state index in [-0.39, 0.29) is 5.91 Å². The lowest BCUT2D eigenvalue weighted by molar-refractivity contribution is -0.139. The lowest BCUT2D eigenvalue weighted by atomic mass is 10.1. The first kappa shape index (κ1) is 42.2. The lowest BCUT2D eigenvalue weighted by Crippen LogP contribution is -2.46. The molecule has 2 aromatic carbocycles.